The Morgan fingerprint density at radius 3 is 3.04 bits per heavy atom. The highest BCUT2D eigenvalue weighted by molar-refractivity contribution is 7.13. The summed E-state index contributed by atoms with van der Waals surface area (Å²) in [6.07, 6.45) is 3.78. The number of piperazine rings is 1. The number of carbonyl (C=O) groups excluding carboxylic acids is 1. The van der Waals surface area contributed by atoms with E-state index in [1.807, 2.05) is 29.3 Å². The first-order valence-electron chi connectivity index (χ1n) is 8.26. The van der Waals surface area contributed by atoms with Gasteiger partial charge >= 0.3 is 0 Å². The van der Waals surface area contributed by atoms with Crippen LogP contribution in [0.15, 0.2) is 21.9 Å². The normalized spacial score (nSPS) is 22.1. The third kappa shape index (κ3) is 2.93. The van der Waals surface area contributed by atoms with Crippen molar-refractivity contribution in [3.63, 3.8) is 0 Å². The Morgan fingerprint density at radius 2 is 2.22 bits per heavy atom. The predicted molar refractivity (Wildman–Crippen MR) is 89.7 cm³/mol. The molecule has 4 heterocycles. The molecule has 2 aromatic heterocycles. The van der Waals surface area contributed by atoms with Gasteiger partial charge in [0.15, 0.2) is 10.8 Å². The third-order valence-corrected chi connectivity index (χ3v) is 5.66. The summed E-state index contributed by atoms with van der Waals surface area (Å²) in [5.74, 6) is 1.65. The van der Waals surface area contributed by atoms with Crippen LogP contribution in [0.4, 0.5) is 0 Å². The Balaban J connectivity index is 1.48. The van der Waals surface area contributed by atoms with Crippen molar-refractivity contribution in [3.8, 4) is 10.8 Å². The van der Waals surface area contributed by atoms with E-state index in [4.69, 9.17) is 4.42 Å². The first kappa shape index (κ1) is 14.9. The Hall–Kier alpha value is -1.66. The molecule has 122 valence electrons. The molecule has 2 aromatic rings. The number of fused-ring (bicyclic) bond motifs is 1. The van der Waals surface area contributed by atoms with Gasteiger partial charge in [0.1, 0.15) is 11.5 Å². The second kappa shape index (κ2) is 6.09. The SMILES string of the molecule is Cc1ccc(-c2nc(C(=O)N3CCN4CCCCC4C3)cs2)o1. The molecule has 2 aliphatic rings. The zero-order valence-electron chi connectivity index (χ0n) is 13.3. The summed E-state index contributed by atoms with van der Waals surface area (Å²) in [5.41, 5.74) is 0.545. The molecule has 0 saturated carbocycles. The fourth-order valence-electron chi connectivity index (χ4n) is 3.54. The van der Waals surface area contributed by atoms with Crippen LogP contribution in [-0.4, -0.2) is 52.9 Å². The maximum absolute atomic E-state index is 12.7. The Labute approximate surface area is 139 Å². The number of piperidine rings is 1. The zero-order valence-corrected chi connectivity index (χ0v) is 14.1. The Morgan fingerprint density at radius 1 is 1.30 bits per heavy atom. The van der Waals surface area contributed by atoms with E-state index in [9.17, 15) is 4.79 Å². The van der Waals surface area contributed by atoms with Crippen LogP contribution in [0.3, 0.4) is 0 Å². The highest BCUT2D eigenvalue weighted by atomic mass is 32.1. The molecule has 0 spiro atoms. The maximum Gasteiger partial charge on any atom is 0.273 e. The number of aromatic nitrogens is 1. The highest BCUT2D eigenvalue weighted by Crippen LogP contribution is 2.27. The number of aryl methyl sites for hydroxylation is 1. The van der Waals surface area contributed by atoms with Gasteiger partial charge in [-0.15, -0.1) is 11.3 Å². The van der Waals surface area contributed by atoms with Gasteiger partial charge in [-0.2, -0.15) is 0 Å². The second-order valence-electron chi connectivity index (χ2n) is 6.38. The lowest BCUT2D eigenvalue weighted by atomic mass is 9.99. The van der Waals surface area contributed by atoms with E-state index >= 15 is 0 Å². The second-order valence-corrected chi connectivity index (χ2v) is 7.24. The molecule has 6 heteroatoms. The quantitative estimate of drug-likeness (QED) is 0.849. The first-order valence-corrected chi connectivity index (χ1v) is 9.14. The van der Waals surface area contributed by atoms with Crippen molar-refractivity contribution in [2.75, 3.05) is 26.2 Å². The smallest absolute Gasteiger partial charge is 0.273 e. The minimum atomic E-state index is 0.0565. The molecule has 4 rings (SSSR count). The summed E-state index contributed by atoms with van der Waals surface area (Å²) >= 11 is 1.47. The highest BCUT2D eigenvalue weighted by Gasteiger charge is 2.32. The molecular formula is C17H21N3O2S. The van der Waals surface area contributed by atoms with Gasteiger partial charge in [0.25, 0.3) is 5.91 Å². The fraction of sp³-hybridized carbons (Fsp3) is 0.529. The molecule has 0 aliphatic carbocycles. The molecule has 0 aromatic carbocycles. The minimum Gasteiger partial charge on any atom is -0.459 e. The van der Waals surface area contributed by atoms with Crippen LogP contribution in [0.25, 0.3) is 10.8 Å². The van der Waals surface area contributed by atoms with Crippen LogP contribution in [0.2, 0.25) is 0 Å². The minimum absolute atomic E-state index is 0.0565. The number of nitrogens with zero attached hydrogens (tertiary/aromatic N) is 3. The van der Waals surface area contributed by atoms with E-state index in [1.54, 1.807) is 0 Å². The summed E-state index contributed by atoms with van der Waals surface area (Å²) in [6, 6.07) is 4.36. The van der Waals surface area contributed by atoms with Crippen molar-refractivity contribution < 1.29 is 9.21 Å². The van der Waals surface area contributed by atoms with E-state index in [0.717, 1.165) is 36.2 Å². The van der Waals surface area contributed by atoms with E-state index < -0.39 is 0 Å². The van der Waals surface area contributed by atoms with Crippen molar-refractivity contribution in [1.82, 2.24) is 14.8 Å². The summed E-state index contributed by atoms with van der Waals surface area (Å²) in [4.78, 5) is 21.7. The van der Waals surface area contributed by atoms with Gasteiger partial charge in [0.05, 0.1) is 0 Å². The number of hydrogen-bond donors (Lipinski definition) is 0. The van der Waals surface area contributed by atoms with Gasteiger partial charge in [-0.1, -0.05) is 6.42 Å². The molecule has 5 nitrogen and oxygen atoms in total. The molecule has 1 amide bonds. The van der Waals surface area contributed by atoms with E-state index in [2.05, 4.69) is 9.88 Å². The predicted octanol–water partition coefficient (Wildman–Crippen LogP) is 3.02. The van der Waals surface area contributed by atoms with Crippen LogP contribution in [-0.2, 0) is 0 Å². The summed E-state index contributed by atoms with van der Waals surface area (Å²) in [5, 5.41) is 2.63. The molecule has 0 N–H and O–H groups in total. The number of amides is 1. The number of hydrogen-bond acceptors (Lipinski definition) is 5. The van der Waals surface area contributed by atoms with E-state index in [-0.39, 0.29) is 5.91 Å². The first-order chi connectivity index (χ1) is 11.2. The molecule has 1 unspecified atom stereocenters. The van der Waals surface area contributed by atoms with Gasteiger partial charge in [-0.3, -0.25) is 9.69 Å². The molecule has 2 saturated heterocycles. The summed E-state index contributed by atoms with van der Waals surface area (Å²) < 4.78 is 5.60. The van der Waals surface area contributed by atoms with E-state index in [1.165, 1.54) is 37.1 Å². The van der Waals surface area contributed by atoms with Crippen molar-refractivity contribution in [3.05, 3.63) is 29.0 Å². The molecule has 2 aliphatic heterocycles. The van der Waals surface area contributed by atoms with Gasteiger partial charge in [0.2, 0.25) is 0 Å². The number of rotatable bonds is 2. The topological polar surface area (TPSA) is 49.6 Å². The molecule has 2 fully saturated rings. The summed E-state index contributed by atoms with van der Waals surface area (Å²) in [6.45, 7) is 5.73. The molecule has 0 radical (unpaired) electrons. The van der Waals surface area contributed by atoms with Gasteiger partial charge in [-0.05, 0) is 38.4 Å². The molecule has 0 bridgehead atoms. The zero-order chi connectivity index (χ0) is 15.8. The largest absolute Gasteiger partial charge is 0.459 e. The Bertz CT molecular complexity index is 708. The van der Waals surface area contributed by atoms with Crippen LogP contribution >= 0.6 is 11.3 Å². The van der Waals surface area contributed by atoms with Crippen molar-refractivity contribution >= 4 is 17.2 Å². The average Bonchev–Trinajstić information content (AvgIpc) is 3.22. The average molecular weight is 331 g/mol. The van der Waals surface area contributed by atoms with Crippen molar-refractivity contribution in [1.29, 1.82) is 0 Å². The van der Waals surface area contributed by atoms with Crippen LogP contribution < -0.4 is 0 Å². The monoisotopic (exact) mass is 331 g/mol. The lowest BCUT2D eigenvalue weighted by Crippen LogP contribution is -2.56. The van der Waals surface area contributed by atoms with Crippen LogP contribution in [0, 0.1) is 6.92 Å². The molecular weight excluding hydrogens is 310 g/mol. The van der Waals surface area contributed by atoms with Crippen molar-refractivity contribution in [2.45, 2.75) is 32.2 Å². The lowest BCUT2D eigenvalue weighted by molar-refractivity contribution is 0.0369. The summed E-state index contributed by atoms with van der Waals surface area (Å²) in [7, 11) is 0. The van der Waals surface area contributed by atoms with Crippen molar-refractivity contribution in [2.24, 2.45) is 0 Å². The fourth-order valence-corrected chi connectivity index (χ4v) is 4.29. The van der Waals surface area contributed by atoms with Crippen LogP contribution in [0.5, 0.6) is 0 Å². The molecule has 23 heavy (non-hydrogen) atoms. The lowest BCUT2D eigenvalue weighted by Gasteiger charge is -2.43. The maximum atomic E-state index is 12.7. The number of carbonyl (C=O) groups is 1. The Kier molecular flexibility index (Phi) is 3.95. The van der Waals surface area contributed by atoms with Gasteiger partial charge < -0.3 is 9.32 Å². The van der Waals surface area contributed by atoms with Crippen LogP contribution in [0.1, 0.15) is 35.5 Å². The van der Waals surface area contributed by atoms with E-state index in [0.29, 0.717) is 11.7 Å². The number of thiazole rings is 1. The third-order valence-electron chi connectivity index (χ3n) is 4.80. The number of furan rings is 1. The van der Waals surface area contributed by atoms with Gasteiger partial charge in [-0.25, -0.2) is 4.98 Å². The van der Waals surface area contributed by atoms with Gasteiger partial charge in [0, 0.05) is 31.1 Å². The molecule has 1 atom stereocenters. The standard InChI is InChI=1S/C17H21N3O2S/c1-12-5-6-15(22-12)16-18-14(11-23-16)17(21)20-9-8-19-7-3-2-4-13(19)10-20/h5-6,11,13H,2-4,7-10H2,1H3.